The van der Waals surface area contributed by atoms with E-state index in [0.29, 0.717) is 0 Å². The number of rotatable bonds is 19. The molecule has 0 N–H and O–H groups in total. The van der Waals surface area contributed by atoms with Crippen molar-refractivity contribution in [1.82, 2.24) is 4.90 Å². The predicted octanol–water partition coefficient (Wildman–Crippen LogP) is 8.42. The summed E-state index contributed by atoms with van der Waals surface area (Å²) >= 11 is 0. The van der Waals surface area contributed by atoms with Gasteiger partial charge in [0.15, 0.2) is 0 Å². The highest BCUT2D eigenvalue weighted by atomic mass is 15.1. The molecule has 0 aromatic heterocycles. The van der Waals surface area contributed by atoms with Crippen molar-refractivity contribution in [2.45, 2.75) is 123 Å². The second kappa shape index (κ2) is 18.2. The third-order valence-corrected chi connectivity index (χ3v) is 6.05. The Morgan fingerprint density at radius 2 is 1.11 bits per heavy atom. The van der Waals surface area contributed by atoms with E-state index in [4.69, 9.17) is 0 Å². The zero-order valence-electron chi connectivity index (χ0n) is 19.4. The van der Waals surface area contributed by atoms with E-state index in [1.807, 2.05) is 0 Å². The molecule has 1 atom stereocenters. The maximum atomic E-state index is 2.86. The standard InChI is InChI=1S/C27H49N/c1-4-7-9-11-13-18-23-28(24-19-14-12-10-8-5-2)27(20-6-3)25-26-21-16-15-17-22-26/h15-17,21-22,27H,4-14,18-20,23-25H2,1-3H3. The Morgan fingerprint density at radius 1 is 0.607 bits per heavy atom. The highest BCUT2D eigenvalue weighted by Gasteiger charge is 2.17. The summed E-state index contributed by atoms with van der Waals surface area (Å²) in [5, 5.41) is 0. The van der Waals surface area contributed by atoms with Gasteiger partial charge in [0.05, 0.1) is 0 Å². The van der Waals surface area contributed by atoms with Crippen LogP contribution in [0.25, 0.3) is 0 Å². The highest BCUT2D eigenvalue weighted by molar-refractivity contribution is 5.16. The molecule has 1 nitrogen and oxygen atoms in total. The first kappa shape index (κ1) is 25.2. The fourth-order valence-corrected chi connectivity index (χ4v) is 4.30. The molecule has 0 aliphatic rings. The molecule has 0 saturated heterocycles. The molecule has 0 bridgehead atoms. The molecule has 0 fully saturated rings. The fraction of sp³-hybridized carbons (Fsp3) is 0.778. The van der Waals surface area contributed by atoms with E-state index >= 15 is 0 Å². The predicted molar refractivity (Wildman–Crippen MR) is 127 cm³/mol. The van der Waals surface area contributed by atoms with Crippen molar-refractivity contribution in [3.63, 3.8) is 0 Å². The van der Waals surface area contributed by atoms with Crippen LogP contribution in [0.1, 0.15) is 116 Å². The molecule has 0 heterocycles. The summed E-state index contributed by atoms with van der Waals surface area (Å²) in [5.74, 6) is 0. The van der Waals surface area contributed by atoms with Gasteiger partial charge in [0.1, 0.15) is 0 Å². The van der Waals surface area contributed by atoms with E-state index in [1.165, 1.54) is 115 Å². The Morgan fingerprint density at radius 3 is 1.61 bits per heavy atom. The largest absolute Gasteiger partial charge is 0.300 e. The van der Waals surface area contributed by atoms with Crippen LogP contribution in [0.2, 0.25) is 0 Å². The van der Waals surface area contributed by atoms with Crippen LogP contribution in [0.5, 0.6) is 0 Å². The molecule has 1 aromatic rings. The Labute approximate surface area is 177 Å². The first-order valence-electron chi connectivity index (χ1n) is 12.6. The maximum absolute atomic E-state index is 2.86. The van der Waals surface area contributed by atoms with Crippen molar-refractivity contribution in [3.8, 4) is 0 Å². The Bertz CT molecular complexity index is 411. The molecular weight excluding hydrogens is 338 g/mol. The van der Waals surface area contributed by atoms with Crippen molar-refractivity contribution in [3.05, 3.63) is 35.9 Å². The molecule has 0 radical (unpaired) electrons. The van der Waals surface area contributed by atoms with Crippen molar-refractivity contribution in [2.75, 3.05) is 13.1 Å². The molecule has 1 rings (SSSR count). The van der Waals surface area contributed by atoms with Crippen molar-refractivity contribution >= 4 is 0 Å². The van der Waals surface area contributed by atoms with Gasteiger partial charge in [0.25, 0.3) is 0 Å². The average Bonchev–Trinajstić information content (AvgIpc) is 2.72. The Kier molecular flexibility index (Phi) is 16.4. The molecular formula is C27H49N. The number of hydrogen-bond acceptors (Lipinski definition) is 1. The summed E-state index contributed by atoms with van der Waals surface area (Å²) in [6.07, 6.45) is 20.7. The van der Waals surface area contributed by atoms with Crippen LogP contribution in [0, 0.1) is 0 Å². The number of nitrogens with zero attached hydrogens (tertiary/aromatic N) is 1. The third-order valence-electron chi connectivity index (χ3n) is 6.05. The Balaban J connectivity index is 2.52. The normalized spacial score (nSPS) is 12.6. The van der Waals surface area contributed by atoms with Gasteiger partial charge in [-0.1, -0.05) is 122 Å². The van der Waals surface area contributed by atoms with Gasteiger partial charge in [0.2, 0.25) is 0 Å². The second-order valence-corrected chi connectivity index (χ2v) is 8.70. The number of hydrogen-bond donors (Lipinski definition) is 0. The van der Waals surface area contributed by atoms with E-state index in [1.54, 1.807) is 0 Å². The minimum Gasteiger partial charge on any atom is -0.300 e. The summed E-state index contributed by atoms with van der Waals surface area (Å²) in [7, 11) is 0. The molecule has 0 saturated carbocycles. The topological polar surface area (TPSA) is 3.24 Å². The first-order valence-corrected chi connectivity index (χ1v) is 12.6. The molecule has 0 aliphatic carbocycles. The average molecular weight is 388 g/mol. The zero-order valence-corrected chi connectivity index (χ0v) is 19.4. The molecule has 1 aromatic carbocycles. The molecule has 1 heteroatoms. The SMILES string of the molecule is CCCCCCCCN(CCCCCCCC)C(CCC)Cc1ccccc1. The quantitative estimate of drug-likeness (QED) is 0.215. The highest BCUT2D eigenvalue weighted by Crippen LogP contribution is 2.17. The van der Waals surface area contributed by atoms with E-state index < -0.39 is 0 Å². The maximum Gasteiger partial charge on any atom is 0.0136 e. The smallest absolute Gasteiger partial charge is 0.0136 e. The molecule has 28 heavy (non-hydrogen) atoms. The van der Waals surface area contributed by atoms with E-state index in [0.717, 1.165) is 6.04 Å². The van der Waals surface area contributed by atoms with E-state index in [9.17, 15) is 0 Å². The summed E-state index contributed by atoms with van der Waals surface area (Å²) in [6, 6.07) is 11.9. The second-order valence-electron chi connectivity index (χ2n) is 8.70. The molecule has 162 valence electrons. The third kappa shape index (κ3) is 12.6. The van der Waals surface area contributed by atoms with Gasteiger partial charge in [-0.2, -0.15) is 0 Å². The van der Waals surface area contributed by atoms with Crippen molar-refractivity contribution in [1.29, 1.82) is 0 Å². The number of benzene rings is 1. The molecule has 1 unspecified atom stereocenters. The summed E-state index contributed by atoms with van der Waals surface area (Å²) in [5.41, 5.74) is 1.51. The lowest BCUT2D eigenvalue weighted by Gasteiger charge is -2.32. The van der Waals surface area contributed by atoms with Crippen LogP contribution in [-0.2, 0) is 6.42 Å². The van der Waals surface area contributed by atoms with Gasteiger partial charge < -0.3 is 4.90 Å². The first-order chi connectivity index (χ1) is 13.8. The van der Waals surface area contributed by atoms with Gasteiger partial charge in [0, 0.05) is 6.04 Å². The van der Waals surface area contributed by atoms with Crippen LogP contribution in [-0.4, -0.2) is 24.0 Å². The van der Waals surface area contributed by atoms with E-state index in [2.05, 4.69) is 56.0 Å². The minimum absolute atomic E-state index is 0.721. The van der Waals surface area contributed by atoms with Crippen LogP contribution in [0.3, 0.4) is 0 Å². The van der Waals surface area contributed by atoms with Crippen LogP contribution in [0.15, 0.2) is 30.3 Å². The number of unbranched alkanes of at least 4 members (excludes halogenated alkanes) is 10. The van der Waals surface area contributed by atoms with Gasteiger partial charge in [-0.15, -0.1) is 0 Å². The van der Waals surface area contributed by atoms with Crippen molar-refractivity contribution in [2.24, 2.45) is 0 Å². The Hall–Kier alpha value is -0.820. The summed E-state index contributed by atoms with van der Waals surface area (Å²) in [6.45, 7) is 9.57. The molecule has 0 amide bonds. The van der Waals surface area contributed by atoms with Crippen LogP contribution < -0.4 is 0 Å². The summed E-state index contributed by atoms with van der Waals surface area (Å²) in [4.78, 5) is 2.86. The lowest BCUT2D eigenvalue weighted by Crippen LogP contribution is -2.38. The van der Waals surface area contributed by atoms with Crippen LogP contribution >= 0.6 is 0 Å². The van der Waals surface area contributed by atoms with Crippen LogP contribution in [0.4, 0.5) is 0 Å². The molecule has 0 spiro atoms. The summed E-state index contributed by atoms with van der Waals surface area (Å²) < 4.78 is 0. The monoisotopic (exact) mass is 387 g/mol. The van der Waals surface area contributed by atoms with Crippen molar-refractivity contribution < 1.29 is 0 Å². The zero-order chi connectivity index (χ0) is 20.3. The lowest BCUT2D eigenvalue weighted by molar-refractivity contribution is 0.176. The lowest BCUT2D eigenvalue weighted by atomic mass is 9.99. The van der Waals surface area contributed by atoms with Gasteiger partial charge in [-0.25, -0.2) is 0 Å². The van der Waals surface area contributed by atoms with Gasteiger partial charge >= 0.3 is 0 Å². The molecule has 0 aliphatic heterocycles. The van der Waals surface area contributed by atoms with Gasteiger partial charge in [-0.3, -0.25) is 0 Å². The minimum atomic E-state index is 0.721. The van der Waals surface area contributed by atoms with E-state index in [-0.39, 0.29) is 0 Å². The fourth-order valence-electron chi connectivity index (χ4n) is 4.30. The van der Waals surface area contributed by atoms with Gasteiger partial charge in [-0.05, 0) is 44.3 Å².